The smallest absolute Gasteiger partial charge is 0.00670 e. The topological polar surface area (TPSA) is 24.1 Å². The Morgan fingerprint density at radius 1 is 1.06 bits per heavy atom. The number of hydrogen-bond donors (Lipinski definition) is 2. The van der Waals surface area contributed by atoms with E-state index in [1.165, 1.54) is 70.9 Å². The van der Waals surface area contributed by atoms with E-state index >= 15 is 0 Å². The molecule has 0 bridgehead atoms. The standard InChI is InChI=1S/C15H32N2/c1-3-9-14(4-2)16-12-8-13-17-15-10-6-5-7-11-15/h14-17H,3-13H2,1-2H3. The van der Waals surface area contributed by atoms with Crippen molar-refractivity contribution in [3.63, 3.8) is 0 Å². The zero-order valence-corrected chi connectivity index (χ0v) is 11.9. The summed E-state index contributed by atoms with van der Waals surface area (Å²) in [5, 5.41) is 7.37. The van der Waals surface area contributed by atoms with Gasteiger partial charge >= 0.3 is 0 Å². The summed E-state index contributed by atoms with van der Waals surface area (Å²) in [5.41, 5.74) is 0. The Bertz CT molecular complexity index is 158. The molecule has 2 heteroatoms. The molecule has 0 aromatic carbocycles. The van der Waals surface area contributed by atoms with Crippen molar-refractivity contribution in [2.75, 3.05) is 13.1 Å². The second-order valence-electron chi connectivity index (χ2n) is 5.49. The lowest BCUT2D eigenvalue weighted by Crippen LogP contribution is -2.35. The maximum Gasteiger partial charge on any atom is 0.00670 e. The van der Waals surface area contributed by atoms with Gasteiger partial charge in [0.25, 0.3) is 0 Å². The van der Waals surface area contributed by atoms with Crippen LogP contribution in [0, 0.1) is 0 Å². The minimum absolute atomic E-state index is 0.745. The van der Waals surface area contributed by atoms with Crippen LogP contribution in [0.15, 0.2) is 0 Å². The molecule has 1 saturated carbocycles. The molecule has 1 rings (SSSR count). The minimum atomic E-state index is 0.745. The van der Waals surface area contributed by atoms with Gasteiger partial charge < -0.3 is 10.6 Å². The third-order valence-electron chi connectivity index (χ3n) is 3.95. The number of hydrogen-bond acceptors (Lipinski definition) is 2. The molecule has 0 spiro atoms. The lowest BCUT2D eigenvalue weighted by molar-refractivity contribution is 0.367. The van der Waals surface area contributed by atoms with Gasteiger partial charge in [0.15, 0.2) is 0 Å². The molecule has 1 aliphatic rings. The first kappa shape index (κ1) is 15.0. The fourth-order valence-electron chi connectivity index (χ4n) is 2.81. The molecule has 0 aromatic heterocycles. The van der Waals surface area contributed by atoms with Crippen LogP contribution in [0.5, 0.6) is 0 Å². The molecule has 2 nitrogen and oxygen atoms in total. The molecule has 0 saturated heterocycles. The number of rotatable bonds is 9. The van der Waals surface area contributed by atoms with Crippen molar-refractivity contribution in [1.29, 1.82) is 0 Å². The zero-order chi connectivity index (χ0) is 12.3. The van der Waals surface area contributed by atoms with E-state index in [-0.39, 0.29) is 0 Å². The Morgan fingerprint density at radius 3 is 2.47 bits per heavy atom. The highest BCUT2D eigenvalue weighted by molar-refractivity contribution is 4.72. The number of nitrogens with one attached hydrogen (secondary N) is 2. The van der Waals surface area contributed by atoms with E-state index in [1.54, 1.807) is 0 Å². The maximum absolute atomic E-state index is 3.71. The van der Waals surface area contributed by atoms with Crippen LogP contribution in [0.25, 0.3) is 0 Å². The summed E-state index contributed by atoms with van der Waals surface area (Å²) in [5.74, 6) is 0. The Kier molecular flexibility index (Phi) is 8.72. The van der Waals surface area contributed by atoms with Gasteiger partial charge in [-0.3, -0.25) is 0 Å². The van der Waals surface area contributed by atoms with Crippen LogP contribution >= 0.6 is 0 Å². The SMILES string of the molecule is CCCC(CC)NCCCNC1CCCCC1. The van der Waals surface area contributed by atoms with Crippen molar-refractivity contribution < 1.29 is 0 Å². The van der Waals surface area contributed by atoms with Crippen molar-refractivity contribution in [3.8, 4) is 0 Å². The molecule has 0 heterocycles. The average Bonchev–Trinajstić information content (AvgIpc) is 2.38. The third-order valence-corrected chi connectivity index (χ3v) is 3.95. The van der Waals surface area contributed by atoms with Crippen LogP contribution in [0.4, 0.5) is 0 Å². The van der Waals surface area contributed by atoms with Crippen LogP contribution in [-0.2, 0) is 0 Å². The Morgan fingerprint density at radius 2 is 1.82 bits per heavy atom. The van der Waals surface area contributed by atoms with Crippen molar-refractivity contribution in [1.82, 2.24) is 10.6 Å². The van der Waals surface area contributed by atoms with E-state index in [0.29, 0.717) is 0 Å². The van der Waals surface area contributed by atoms with Crippen LogP contribution in [0.3, 0.4) is 0 Å². The highest BCUT2D eigenvalue weighted by Gasteiger charge is 2.11. The van der Waals surface area contributed by atoms with Gasteiger partial charge in [-0.15, -0.1) is 0 Å². The molecule has 2 N–H and O–H groups in total. The van der Waals surface area contributed by atoms with Crippen molar-refractivity contribution in [2.24, 2.45) is 0 Å². The van der Waals surface area contributed by atoms with Crippen molar-refractivity contribution in [2.45, 2.75) is 83.7 Å². The fourth-order valence-corrected chi connectivity index (χ4v) is 2.81. The van der Waals surface area contributed by atoms with Crippen molar-refractivity contribution in [3.05, 3.63) is 0 Å². The molecule has 0 radical (unpaired) electrons. The molecule has 0 aromatic rings. The van der Waals surface area contributed by atoms with Gasteiger partial charge in [0.2, 0.25) is 0 Å². The first-order chi connectivity index (χ1) is 8.36. The molecule has 0 amide bonds. The molecule has 1 atom stereocenters. The lowest BCUT2D eigenvalue weighted by Gasteiger charge is -2.23. The molecule has 102 valence electrons. The van der Waals surface area contributed by atoms with Crippen LogP contribution < -0.4 is 10.6 Å². The Balaban J connectivity index is 1.92. The highest BCUT2D eigenvalue weighted by Crippen LogP contribution is 2.17. The van der Waals surface area contributed by atoms with Gasteiger partial charge in [0.1, 0.15) is 0 Å². The minimum Gasteiger partial charge on any atom is -0.314 e. The second kappa shape index (κ2) is 9.90. The van der Waals surface area contributed by atoms with E-state index in [4.69, 9.17) is 0 Å². The molecular weight excluding hydrogens is 208 g/mol. The largest absolute Gasteiger partial charge is 0.314 e. The van der Waals surface area contributed by atoms with E-state index in [2.05, 4.69) is 24.5 Å². The summed E-state index contributed by atoms with van der Waals surface area (Å²) in [6, 6.07) is 1.57. The van der Waals surface area contributed by atoms with Gasteiger partial charge in [-0.05, 0) is 45.2 Å². The average molecular weight is 240 g/mol. The predicted octanol–water partition coefficient (Wildman–Crippen LogP) is 3.47. The van der Waals surface area contributed by atoms with Crippen LogP contribution in [0.1, 0.15) is 71.6 Å². The van der Waals surface area contributed by atoms with Crippen LogP contribution in [-0.4, -0.2) is 25.2 Å². The summed E-state index contributed by atoms with van der Waals surface area (Å²) >= 11 is 0. The molecule has 0 aliphatic heterocycles. The quantitative estimate of drug-likeness (QED) is 0.603. The van der Waals surface area contributed by atoms with Crippen molar-refractivity contribution >= 4 is 0 Å². The molecule has 1 aliphatic carbocycles. The van der Waals surface area contributed by atoms with Gasteiger partial charge in [-0.25, -0.2) is 0 Å². The van der Waals surface area contributed by atoms with Gasteiger partial charge in [0, 0.05) is 12.1 Å². The first-order valence-corrected chi connectivity index (χ1v) is 7.83. The van der Waals surface area contributed by atoms with E-state index in [1.807, 2.05) is 0 Å². The first-order valence-electron chi connectivity index (χ1n) is 7.83. The van der Waals surface area contributed by atoms with Gasteiger partial charge in [-0.2, -0.15) is 0 Å². The predicted molar refractivity (Wildman–Crippen MR) is 76.5 cm³/mol. The normalized spacial score (nSPS) is 19.4. The molecule has 1 fully saturated rings. The van der Waals surface area contributed by atoms with Gasteiger partial charge in [0.05, 0.1) is 0 Å². The van der Waals surface area contributed by atoms with Gasteiger partial charge in [-0.1, -0.05) is 39.5 Å². The third kappa shape index (κ3) is 7.05. The highest BCUT2D eigenvalue weighted by atomic mass is 14.9. The van der Waals surface area contributed by atoms with E-state index in [0.717, 1.165) is 12.1 Å². The molecular formula is C15H32N2. The summed E-state index contributed by atoms with van der Waals surface area (Å²) < 4.78 is 0. The molecule has 17 heavy (non-hydrogen) atoms. The second-order valence-corrected chi connectivity index (χ2v) is 5.49. The monoisotopic (exact) mass is 240 g/mol. The Labute approximate surface area is 108 Å². The van der Waals surface area contributed by atoms with Crippen LogP contribution in [0.2, 0.25) is 0 Å². The summed E-state index contributed by atoms with van der Waals surface area (Å²) in [4.78, 5) is 0. The summed E-state index contributed by atoms with van der Waals surface area (Å²) in [7, 11) is 0. The molecule has 1 unspecified atom stereocenters. The summed E-state index contributed by atoms with van der Waals surface area (Å²) in [6.07, 6.45) is 12.3. The fraction of sp³-hybridized carbons (Fsp3) is 1.00. The maximum atomic E-state index is 3.71. The zero-order valence-electron chi connectivity index (χ0n) is 11.9. The van der Waals surface area contributed by atoms with E-state index in [9.17, 15) is 0 Å². The lowest BCUT2D eigenvalue weighted by atomic mass is 9.95. The Hall–Kier alpha value is -0.0800. The summed E-state index contributed by atoms with van der Waals surface area (Å²) in [6.45, 7) is 6.93. The van der Waals surface area contributed by atoms with E-state index < -0.39 is 0 Å².